The van der Waals surface area contributed by atoms with Crippen LogP contribution in [0.5, 0.6) is 0 Å². The molecule has 9 nitrogen and oxygen atoms in total. The summed E-state index contributed by atoms with van der Waals surface area (Å²) in [4.78, 5) is 34.8. The Morgan fingerprint density at radius 1 is 0.857 bits per heavy atom. The summed E-state index contributed by atoms with van der Waals surface area (Å²) >= 11 is 0. The van der Waals surface area contributed by atoms with Gasteiger partial charge in [0.1, 0.15) is 4.90 Å². The summed E-state index contributed by atoms with van der Waals surface area (Å²) in [5, 5.41) is 2.45. The van der Waals surface area contributed by atoms with Crippen LogP contribution in [0.2, 0.25) is 0 Å². The minimum Gasteiger partial charge on any atom is -0.465 e. The topological polar surface area (TPSA) is 128 Å². The van der Waals surface area contributed by atoms with E-state index in [1.165, 1.54) is 43.4 Å². The van der Waals surface area contributed by atoms with Crippen molar-refractivity contribution in [1.29, 1.82) is 0 Å². The molecule has 0 bridgehead atoms. The van der Waals surface area contributed by atoms with Gasteiger partial charge in [-0.05, 0) is 42.5 Å². The van der Waals surface area contributed by atoms with E-state index < -0.39 is 26.9 Å². The molecule has 10 heteroatoms. The molecule has 2 aromatic rings. The fourth-order valence-electron chi connectivity index (χ4n) is 2.31. The Labute approximate surface area is 161 Å². The Morgan fingerprint density at radius 3 is 1.96 bits per heavy atom. The van der Waals surface area contributed by atoms with E-state index in [1.54, 1.807) is 0 Å². The van der Waals surface area contributed by atoms with E-state index in [0.29, 0.717) is 5.56 Å². The van der Waals surface area contributed by atoms with Gasteiger partial charge >= 0.3 is 11.9 Å². The average molecular weight is 406 g/mol. The second kappa shape index (κ2) is 8.53. The first-order chi connectivity index (χ1) is 13.2. The molecule has 2 rings (SSSR count). The van der Waals surface area contributed by atoms with E-state index >= 15 is 0 Å². The van der Waals surface area contributed by atoms with Crippen LogP contribution >= 0.6 is 0 Å². The van der Waals surface area contributed by atoms with Gasteiger partial charge in [-0.15, -0.1) is 0 Å². The van der Waals surface area contributed by atoms with E-state index in [-0.39, 0.29) is 22.7 Å². The molecule has 0 saturated carbocycles. The molecule has 0 unspecified atom stereocenters. The first-order valence-electron chi connectivity index (χ1n) is 7.89. The van der Waals surface area contributed by atoms with E-state index in [1.807, 2.05) is 0 Å². The van der Waals surface area contributed by atoms with Crippen molar-refractivity contribution in [3.8, 4) is 0 Å². The Hall–Kier alpha value is -3.40. The highest BCUT2D eigenvalue weighted by Crippen LogP contribution is 2.23. The number of hydrogen-bond donors (Lipinski definition) is 2. The standard InChI is InChI=1S/C18H18N2O7S/c1-19-16(21)11-4-7-13(8-5-11)20-28(24,25)15-10-12(17(22)26-2)6-9-14(15)18(23)27-3/h4-10,20H,1-3H3,(H,19,21). The molecular formula is C18H18N2O7S. The Kier molecular flexibility index (Phi) is 6.37. The monoisotopic (exact) mass is 406 g/mol. The SMILES string of the molecule is CNC(=O)c1ccc(NS(=O)(=O)c2cc(C(=O)OC)ccc2C(=O)OC)cc1. The zero-order valence-electron chi connectivity index (χ0n) is 15.3. The van der Waals surface area contributed by atoms with E-state index in [9.17, 15) is 22.8 Å². The second-order valence-corrected chi connectivity index (χ2v) is 7.11. The van der Waals surface area contributed by atoms with Gasteiger partial charge < -0.3 is 14.8 Å². The maximum Gasteiger partial charge on any atom is 0.339 e. The third-order valence-electron chi connectivity index (χ3n) is 3.72. The quantitative estimate of drug-likeness (QED) is 0.694. The number of hydrogen-bond acceptors (Lipinski definition) is 7. The smallest absolute Gasteiger partial charge is 0.339 e. The number of carbonyl (C=O) groups is 3. The fourth-order valence-corrected chi connectivity index (χ4v) is 3.59. The molecule has 0 aliphatic heterocycles. The lowest BCUT2D eigenvalue weighted by molar-refractivity contribution is 0.0583. The molecule has 0 radical (unpaired) electrons. The van der Waals surface area contributed by atoms with E-state index in [4.69, 9.17) is 0 Å². The molecule has 0 heterocycles. The van der Waals surface area contributed by atoms with Crippen molar-refractivity contribution in [3.63, 3.8) is 0 Å². The summed E-state index contributed by atoms with van der Waals surface area (Å²) in [6.45, 7) is 0. The van der Waals surface area contributed by atoms with Gasteiger partial charge in [0.25, 0.3) is 15.9 Å². The molecule has 0 spiro atoms. The number of ether oxygens (including phenoxy) is 2. The third-order valence-corrected chi connectivity index (χ3v) is 5.15. The maximum atomic E-state index is 12.8. The van der Waals surface area contributed by atoms with Gasteiger partial charge in [0.15, 0.2) is 0 Å². The minimum absolute atomic E-state index is 0.0505. The predicted molar refractivity (Wildman–Crippen MR) is 99.8 cm³/mol. The molecule has 0 aliphatic rings. The van der Waals surface area contributed by atoms with Gasteiger partial charge in [0.2, 0.25) is 0 Å². The summed E-state index contributed by atoms with van der Waals surface area (Å²) in [6.07, 6.45) is 0. The summed E-state index contributed by atoms with van der Waals surface area (Å²) in [5.74, 6) is -1.97. The molecule has 148 valence electrons. The molecule has 0 aliphatic carbocycles. The number of anilines is 1. The van der Waals surface area contributed by atoms with Crippen LogP contribution in [-0.2, 0) is 19.5 Å². The largest absolute Gasteiger partial charge is 0.465 e. The molecule has 28 heavy (non-hydrogen) atoms. The highest BCUT2D eigenvalue weighted by molar-refractivity contribution is 7.92. The molecule has 2 aromatic carbocycles. The van der Waals surface area contributed by atoms with Gasteiger partial charge in [-0.1, -0.05) is 0 Å². The lowest BCUT2D eigenvalue weighted by Crippen LogP contribution is -2.19. The first-order valence-corrected chi connectivity index (χ1v) is 9.37. The van der Waals surface area contributed by atoms with Crippen LogP contribution in [0.25, 0.3) is 0 Å². The Morgan fingerprint density at radius 2 is 1.43 bits per heavy atom. The third kappa shape index (κ3) is 4.46. The molecule has 0 fully saturated rings. The first kappa shape index (κ1) is 20.9. The molecule has 0 saturated heterocycles. The number of methoxy groups -OCH3 is 2. The van der Waals surface area contributed by atoms with Gasteiger partial charge in [-0.3, -0.25) is 9.52 Å². The van der Waals surface area contributed by atoms with Gasteiger partial charge in [-0.25, -0.2) is 18.0 Å². The van der Waals surface area contributed by atoms with Crippen LogP contribution < -0.4 is 10.0 Å². The van der Waals surface area contributed by atoms with Gasteiger partial charge in [0.05, 0.1) is 25.3 Å². The van der Waals surface area contributed by atoms with Crippen molar-refractivity contribution >= 4 is 33.6 Å². The number of amides is 1. The molecule has 1 amide bonds. The average Bonchev–Trinajstić information content (AvgIpc) is 2.71. The lowest BCUT2D eigenvalue weighted by atomic mass is 10.1. The Balaban J connectivity index is 2.46. The fraction of sp³-hybridized carbons (Fsp3) is 0.167. The van der Waals surface area contributed by atoms with E-state index in [2.05, 4.69) is 19.5 Å². The molecule has 2 N–H and O–H groups in total. The number of nitrogens with one attached hydrogen (secondary N) is 2. The molecular weight excluding hydrogens is 388 g/mol. The summed E-state index contributed by atoms with van der Waals surface area (Å²) in [7, 11) is -0.529. The van der Waals surface area contributed by atoms with Crippen molar-refractivity contribution in [2.45, 2.75) is 4.90 Å². The van der Waals surface area contributed by atoms with Gasteiger partial charge in [0, 0.05) is 18.3 Å². The predicted octanol–water partition coefficient (Wildman–Crippen LogP) is 1.42. The van der Waals surface area contributed by atoms with E-state index in [0.717, 1.165) is 20.3 Å². The van der Waals surface area contributed by atoms with Crippen molar-refractivity contribution in [2.24, 2.45) is 0 Å². The van der Waals surface area contributed by atoms with Crippen LogP contribution in [-0.4, -0.2) is 47.5 Å². The van der Waals surface area contributed by atoms with Crippen LogP contribution in [0, 0.1) is 0 Å². The lowest BCUT2D eigenvalue weighted by Gasteiger charge is -2.13. The zero-order chi connectivity index (χ0) is 20.9. The molecule has 0 atom stereocenters. The zero-order valence-corrected chi connectivity index (χ0v) is 16.1. The Bertz CT molecular complexity index is 1010. The normalized spacial score (nSPS) is 10.7. The van der Waals surface area contributed by atoms with Gasteiger partial charge in [-0.2, -0.15) is 0 Å². The van der Waals surface area contributed by atoms with Crippen LogP contribution in [0.3, 0.4) is 0 Å². The van der Waals surface area contributed by atoms with Crippen LogP contribution in [0.1, 0.15) is 31.1 Å². The maximum absolute atomic E-state index is 12.8. The summed E-state index contributed by atoms with van der Waals surface area (Å²) in [6, 6.07) is 9.11. The highest BCUT2D eigenvalue weighted by Gasteiger charge is 2.25. The van der Waals surface area contributed by atoms with Crippen molar-refractivity contribution in [3.05, 3.63) is 59.2 Å². The summed E-state index contributed by atoms with van der Waals surface area (Å²) in [5.41, 5.74) is 0.204. The number of rotatable bonds is 6. The number of sulfonamides is 1. The van der Waals surface area contributed by atoms with Crippen molar-refractivity contribution < 1.29 is 32.3 Å². The molecule has 0 aromatic heterocycles. The summed E-state index contributed by atoms with van der Waals surface area (Å²) < 4.78 is 37.2. The van der Waals surface area contributed by atoms with Crippen LogP contribution in [0.15, 0.2) is 47.4 Å². The number of benzene rings is 2. The minimum atomic E-state index is -4.26. The number of carbonyl (C=O) groups excluding carboxylic acids is 3. The second-order valence-electron chi connectivity index (χ2n) is 5.46. The van der Waals surface area contributed by atoms with Crippen molar-refractivity contribution in [1.82, 2.24) is 5.32 Å². The van der Waals surface area contributed by atoms with Crippen molar-refractivity contribution in [2.75, 3.05) is 26.0 Å². The number of esters is 2. The van der Waals surface area contributed by atoms with Crippen LogP contribution in [0.4, 0.5) is 5.69 Å². The highest BCUT2D eigenvalue weighted by atomic mass is 32.2.